The Morgan fingerprint density at radius 3 is 1.72 bits per heavy atom. The maximum atomic E-state index is 13.8. The molecule has 2 heterocycles. The molecule has 222 valence electrons. The summed E-state index contributed by atoms with van der Waals surface area (Å²) >= 11 is -1.93. The van der Waals surface area contributed by atoms with Crippen LogP contribution < -0.4 is 0 Å². The van der Waals surface area contributed by atoms with Crippen LogP contribution in [0.3, 0.4) is 0 Å². The standard InChI is InChI=1S/C32H52O5S2/c1-31(2,23-33)21-9-7-13-24-15-11-19-28(38(24)36)26-17-5-6-18-27(26)29-20-12-16-25(39(29)37)14-8-10-22-32(3,4)30(34)35/h5-6,17-18,24-25,28-29,33H,7-16,19-23H2,1-4H3,(H,34,35). The highest BCUT2D eigenvalue weighted by Gasteiger charge is 2.42. The largest absolute Gasteiger partial charge is 0.616 e. The van der Waals surface area contributed by atoms with E-state index in [4.69, 9.17) is 0 Å². The third-order valence-corrected chi connectivity index (χ3v) is 13.5. The van der Waals surface area contributed by atoms with Crippen LogP contribution in [0, 0.1) is 10.8 Å². The van der Waals surface area contributed by atoms with Crippen molar-refractivity contribution >= 4 is 28.3 Å². The quantitative estimate of drug-likeness (QED) is 0.174. The highest BCUT2D eigenvalue weighted by atomic mass is 32.2. The maximum absolute atomic E-state index is 13.8. The zero-order valence-electron chi connectivity index (χ0n) is 24.7. The van der Waals surface area contributed by atoms with Crippen molar-refractivity contribution in [3.8, 4) is 0 Å². The van der Waals surface area contributed by atoms with Gasteiger partial charge in [-0.25, -0.2) is 0 Å². The zero-order chi connectivity index (χ0) is 28.6. The first-order valence-electron chi connectivity index (χ1n) is 15.2. The van der Waals surface area contributed by atoms with Gasteiger partial charge in [-0.2, -0.15) is 0 Å². The highest BCUT2D eigenvalue weighted by Crippen LogP contribution is 2.46. The van der Waals surface area contributed by atoms with Crippen LogP contribution in [0.15, 0.2) is 24.3 Å². The van der Waals surface area contributed by atoms with Gasteiger partial charge in [0.15, 0.2) is 0 Å². The second-order valence-corrected chi connectivity index (χ2v) is 17.2. The number of unbranched alkanes of at least 4 members (excludes halogenated alkanes) is 2. The summed E-state index contributed by atoms with van der Waals surface area (Å²) in [6.45, 7) is 7.95. The van der Waals surface area contributed by atoms with Gasteiger partial charge in [-0.05, 0) is 119 Å². The van der Waals surface area contributed by atoms with Crippen molar-refractivity contribution in [2.75, 3.05) is 6.61 Å². The Hall–Kier alpha value is -0.730. The number of carbonyl (C=O) groups is 1. The van der Waals surface area contributed by atoms with E-state index in [1.807, 2.05) is 12.1 Å². The van der Waals surface area contributed by atoms with Crippen LogP contribution in [0.25, 0.3) is 0 Å². The molecule has 7 heteroatoms. The first-order valence-corrected chi connectivity index (χ1v) is 17.7. The molecule has 0 aliphatic carbocycles. The van der Waals surface area contributed by atoms with E-state index in [0.717, 1.165) is 94.6 Å². The summed E-state index contributed by atoms with van der Waals surface area (Å²) in [4.78, 5) is 11.4. The Kier molecular flexibility index (Phi) is 12.6. The fourth-order valence-corrected chi connectivity index (χ4v) is 10.5. The van der Waals surface area contributed by atoms with Gasteiger partial charge >= 0.3 is 5.97 Å². The molecule has 6 unspecified atom stereocenters. The number of rotatable bonds is 14. The molecule has 2 aliphatic rings. The van der Waals surface area contributed by atoms with E-state index >= 15 is 0 Å². The number of aliphatic hydroxyl groups excluding tert-OH is 1. The van der Waals surface area contributed by atoms with Crippen LogP contribution in [0.5, 0.6) is 0 Å². The molecular formula is C32H52O5S2. The highest BCUT2D eigenvalue weighted by molar-refractivity contribution is 7.92. The predicted molar refractivity (Wildman–Crippen MR) is 163 cm³/mol. The van der Waals surface area contributed by atoms with Crippen molar-refractivity contribution in [3.05, 3.63) is 35.4 Å². The van der Waals surface area contributed by atoms with Gasteiger partial charge in [0.2, 0.25) is 0 Å². The molecule has 2 fully saturated rings. The summed E-state index contributed by atoms with van der Waals surface area (Å²) in [6, 6.07) is 8.36. The maximum Gasteiger partial charge on any atom is 0.309 e. The average molecular weight is 581 g/mol. The van der Waals surface area contributed by atoms with E-state index in [-0.39, 0.29) is 33.0 Å². The molecule has 39 heavy (non-hydrogen) atoms. The molecule has 1 aromatic carbocycles. The van der Waals surface area contributed by atoms with Crippen molar-refractivity contribution in [1.29, 1.82) is 0 Å². The molecule has 2 saturated heterocycles. The van der Waals surface area contributed by atoms with Crippen molar-refractivity contribution in [2.24, 2.45) is 10.8 Å². The predicted octanol–water partition coefficient (Wildman–Crippen LogP) is 7.62. The van der Waals surface area contributed by atoms with Crippen molar-refractivity contribution in [3.63, 3.8) is 0 Å². The van der Waals surface area contributed by atoms with Gasteiger partial charge < -0.3 is 19.3 Å². The van der Waals surface area contributed by atoms with Crippen molar-refractivity contribution in [2.45, 2.75) is 139 Å². The molecule has 2 N–H and O–H groups in total. The molecule has 1 aromatic rings. The number of aliphatic carboxylic acids is 1. The van der Waals surface area contributed by atoms with E-state index in [9.17, 15) is 24.1 Å². The van der Waals surface area contributed by atoms with Crippen LogP contribution in [0.1, 0.15) is 139 Å². The molecule has 5 nitrogen and oxygen atoms in total. The molecule has 0 spiro atoms. The molecule has 0 bridgehead atoms. The van der Waals surface area contributed by atoms with Crippen molar-refractivity contribution < 1.29 is 24.1 Å². The monoisotopic (exact) mass is 580 g/mol. The topological polar surface area (TPSA) is 104 Å². The Morgan fingerprint density at radius 1 is 0.821 bits per heavy atom. The van der Waals surface area contributed by atoms with E-state index < -0.39 is 33.7 Å². The second kappa shape index (κ2) is 14.9. The van der Waals surface area contributed by atoms with E-state index in [2.05, 4.69) is 26.0 Å². The van der Waals surface area contributed by atoms with Crippen LogP contribution in [0.4, 0.5) is 0 Å². The summed E-state index contributed by atoms with van der Waals surface area (Å²) in [5.74, 6) is -0.756. The summed E-state index contributed by atoms with van der Waals surface area (Å²) < 4.78 is 27.6. The van der Waals surface area contributed by atoms with Gasteiger partial charge in [0.05, 0.1) is 5.41 Å². The number of aliphatic hydroxyl groups is 1. The lowest BCUT2D eigenvalue weighted by Crippen LogP contribution is -2.34. The number of carboxylic acids is 1. The molecule has 0 aromatic heterocycles. The van der Waals surface area contributed by atoms with E-state index in [1.54, 1.807) is 13.8 Å². The molecule has 6 atom stereocenters. The summed E-state index contributed by atoms with van der Waals surface area (Å²) in [6.07, 6.45) is 13.3. The summed E-state index contributed by atoms with van der Waals surface area (Å²) in [7, 11) is 0. The molecular weight excluding hydrogens is 528 g/mol. The van der Waals surface area contributed by atoms with E-state index in [1.165, 1.54) is 0 Å². The Balaban J connectivity index is 1.62. The minimum Gasteiger partial charge on any atom is -0.616 e. The van der Waals surface area contributed by atoms with E-state index in [0.29, 0.717) is 6.42 Å². The fraction of sp³-hybridized carbons (Fsp3) is 0.781. The average Bonchev–Trinajstić information content (AvgIpc) is 2.91. The molecule has 0 radical (unpaired) electrons. The summed E-state index contributed by atoms with van der Waals surface area (Å²) in [5, 5.41) is 19.3. The third-order valence-electron chi connectivity index (χ3n) is 9.11. The lowest BCUT2D eigenvalue weighted by molar-refractivity contribution is -0.147. The zero-order valence-corrected chi connectivity index (χ0v) is 26.3. The van der Waals surface area contributed by atoms with Gasteiger partial charge in [0.1, 0.15) is 21.0 Å². The number of hydrogen-bond acceptors (Lipinski definition) is 4. The third kappa shape index (κ3) is 9.13. The molecule has 3 rings (SSSR count). The second-order valence-electron chi connectivity index (χ2n) is 13.4. The number of benzene rings is 1. The lowest BCUT2D eigenvalue weighted by atomic mass is 9.87. The molecule has 0 amide bonds. The van der Waals surface area contributed by atoms with Crippen LogP contribution in [-0.4, -0.2) is 42.4 Å². The van der Waals surface area contributed by atoms with Gasteiger partial charge in [0.25, 0.3) is 0 Å². The molecule has 2 aliphatic heterocycles. The molecule has 0 saturated carbocycles. The first-order chi connectivity index (χ1) is 18.5. The Bertz CT molecular complexity index is 904. The minimum atomic E-state index is -0.986. The van der Waals surface area contributed by atoms with Crippen molar-refractivity contribution in [1.82, 2.24) is 0 Å². The SMILES string of the molecule is CC(C)(CO)CCCCC1CCCC(c2ccccc2C2CCCC(CCCCC(C)(C)C(=O)O)[S+]2[O-])[S+]1[O-]. The van der Waals surface area contributed by atoms with Gasteiger partial charge in [-0.15, -0.1) is 0 Å². The Morgan fingerprint density at radius 2 is 1.28 bits per heavy atom. The van der Waals surface area contributed by atoms with Gasteiger partial charge in [0, 0.05) is 17.7 Å². The fourth-order valence-electron chi connectivity index (χ4n) is 6.27. The minimum absolute atomic E-state index is 0.00602. The van der Waals surface area contributed by atoms with Crippen LogP contribution in [0.2, 0.25) is 0 Å². The van der Waals surface area contributed by atoms with Crippen LogP contribution >= 0.6 is 0 Å². The van der Waals surface area contributed by atoms with Gasteiger partial charge in [-0.1, -0.05) is 51.0 Å². The number of carboxylic acid groups (broad SMARTS) is 1. The summed E-state index contributed by atoms with van der Waals surface area (Å²) in [5.41, 5.74) is 1.55. The smallest absolute Gasteiger partial charge is 0.309 e. The Labute approximate surface area is 243 Å². The normalized spacial score (nSPS) is 28.4. The first kappa shape index (κ1) is 32.8. The number of hydrogen-bond donors (Lipinski definition) is 2. The van der Waals surface area contributed by atoms with Gasteiger partial charge in [-0.3, -0.25) is 4.79 Å². The lowest BCUT2D eigenvalue weighted by Gasteiger charge is -2.37. The van der Waals surface area contributed by atoms with Crippen LogP contribution in [-0.2, 0) is 27.1 Å².